The van der Waals surface area contributed by atoms with Gasteiger partial charge in [-0.2, -0.15) is 0 Å². The Kier molecular flexibility index (Phi) is 4.64. The number of hydrogen-bond donors (Lipinski definition) is 2. The van der Waals surface area contributed by atoms with Crippen LogP contribution in [0.1, 0.15) is 76.1 Å². The summed E-state index contributed by atoms with van der Waals surface area (Å²) in [6.07, 6.45) is 0.358. The summed E-state index contributed by atoms with van der Waals surface area (Å²) in [4.78, 5) is 26.0. The summed E-state index contributed by atoms with van der Waals surface area (Å²) in [5.74, 6) is -1.55. The number of carbonyl (C=O) groups excluding carboxylic acids is 2. The largest absolute Gasteiger partial charge is 0.508 e. The van der Waals surface area contributed by atoms with Crippen LogP contribution in [0.2, 0.25) is 0 Å². The molecule has 0 fully saturated rings. The Hall–Kier alpha value is -2.46. The highest BCUT2D eigenvalue weighted by Crippen LogP contribution is 2.69. The van der Waals surface area contributed by atoms with Crippen LogP contribution in [0, 0.1) is 30.6 Å². The second kappa shape index (κ2) is 6.54. The van der Waals surface area contributed by atoms with Gasteiger partial charge in [0.1, 0.15) is 5.76 Å². The van der Waals surface area contributed by atoms with Gasteiger partial charge in [-0.3, -0.25) is 9.59 Å². The number of carbonyl (C=O) groups is 2. The molecule has 0 amide bonds. The Morgan fingerprint density at radius 1 is 1.16 bits per heavy atom. The molecule has 0 aromatic heterocycles. The van der Waals surface area contributed by atoms with E-state index in [2.05, 4.69) is 39.5 Å². The second-order valence-electron chi connectivity index (χ2n) is 10.7. The predicted octanol–water partition coefficient (Wildman–Crippen LogP) is 5.52. The number of Topliss-reactive ketones (excluding diaryl/α,β-unsaturated/α-hetero) is 2. The Bertz CT molecular complexity index is 1180. The van der Waals surface area contributed by atoms with E-state index in [1.807, 2.05) is 20.8 Å². The summed E-state index contributed by atoms with van der Waals surface area (Å²) in [5.41, 5.74) is 2.58. The zero-order chi connectivity index (χ0) is 24.1. The highest BCUT2D eigenvalue weighted by molar-refractivity contribution is 6.24. The van der Waals surface area contributed by atoms with Gasteiger partial charge < -0.3 is 10.2 Å². The van der Waals surface area contributed by atoms with Gasteiger partial charge >= 0.3 is 0 Å². The van der Waals surface area contributed by atoms with Gasteiger partial charge in [-0.15, -0.1) is 0 Å². The molecule has 4 heteroatoms. The summed E-state index contributed by atoms with van der Waals surface area (Å²) in [5, 5.41) is 23.8. The lowest BCUT2D eigenvalue weighted by Gasteiger charge is -2.63. The lowest BCUT2D eigenvalue weighted by molar-refractivity contribution is -0.169. The monoisotopic (exact) mass is 434 g/mol. The summed E-state index contributed by atoms with van der Waals surface area (Å²) in [6.45, 7) is 19.8. The third kappa shape index (κ3) is 2.27. The quantitative estimate of drug-likeness (QED) is 0.571. The van der Waals surface area contributed by atoms with E-state index in [0.29, 0.717) is 23.1 Å². The lowest BCUT2D eigenvalue weighted by atomic mass is 9.41. The Labute approximate surface area is 190 Å². The van der Waals surface area contributed by atoms with Gasteiger partial charge in [0.2, 0.25) is 5.78 Å². The van der Waals surface area contributed by atoms with Gasteiger partial charge in [-0.05, 0) is 73.8 Å². The molecule has 4 nitrogen and oxygen atoms in total. The molecule has 3 aliphatic carbocycles. The van der Waals surface area contributed by atoms with Crippen LogP contribution in [0.3, 0.4) is 0 Å². The predicted molar refractivity (Wildman–Crippen MR) is 126 cm³/mol. The number of benzene rings is 1. The molecule has 5 atom stereocenters. The molecule has 0 heterocycles. The van der Waals surface area contributed by atoms with E-state index in [0.717, 1.165) is 16.7 Å². The number of aliphatic hydroxyl groups excluding tert-OH is 1. The topological polar surface area (TPSA) is 74.6 Å². The van der Waals surface area contributed by atoms with Crippen LogP contribution in [0.5, 0.6) is 0 Å². The second-order valence-corrected chi connectivity index (χ2v) is 10.7. The Balaban J connectivity index is 2.12. The molecule has 1 aromatic carbocycles. The zero-order valence-electron chi connectivity index (χ0n) is 20.4. The van der Waals surface area contributed by atoms with Crippen molar-refractivity contribution in [2.45, 2.75) is 73.3 Å². The highest BCUT2D eigenvalue weighted by Gasteiger charge is 2.70. The van der Waals surface area contributed by atoms with Gasteiger partial charge in [0.25, 0.3) is 0 Å². The number of fused-ring (bicyclic) bond motifs is 3. The lowest BCUT2D eigenvalue weighted by Crippen LogP contribution is -2.67. The van der Waals surface area contributed by atoms with Crippen molar-refractivity contribution < 1.29 is 19.8 Å². The van der Waals surface area contributed by atoms with Crippen LogP contribution in [-0.2, 0) is 9.59 Å². The van der Waals surface area contributed by atoms with Crippen molar-refractivity contribution in [1.29, 1.82) is 0 Å². The van der Waals surface area contributed by atoms with Crippen molar-refractivity contribution in [1.82, 2.24) is 0 Å². The fourth-order valence-electron chi connectivity index (χ4n) is 7.13. The first-order chi connectivity index (χ1) is 14.7. The molecule has 4 rings (SSSR count). The van der Waals surface area contributed by atoms with E-state index in [-0.39, 0.29) is 29.0 Å². The summed E-state index contributed by atoms with van der Waals surface area (Å²) >= 11 is 0. The van der Waals surface area contributed by atoms with E-state index >= 15 is 0 Å². The van der Waals surface area contributed by atoms with Crippen LogP contribution >= 0.6 is 0 Å². The maximum Gasteiger partial charge on any atom is 0.206 e. The fraction of sp³-hybridized carbons (Fsp3) is 0.500. The molecule has 0 aliphatic heterocycles. The molecule has 3 aliphatic rings. The van der Waals surface area contributed by atoms with E-state index in [9.17, 15) is 19.8 Å². The molecule has 1 aromatic rings. The molecule has 0 radical (unpaired) electrons. The Morgan fingerprint density at radius 3 is 2.31 bits per heavy atom. The normalized spacial score (nSPS) is 36.7. The smallest absolute Gasteiger partial charge is 0.206 e. The molecule has 170 valence electrons. The van der Waals surface area contributed by atoms with Gasteiger partial charge in [0, 0.05) is 16.4 Å². The van der Waals surface area contributed by atoms with Crippen molar-refractivity contribution in [3.05, 3.63) is 63.4 Å². The average Bonchev–Trinajstić information content (AvgIpc) is 2.70. The fourth-order valence-corrected chi connectivity index (χ4v) is 7.13. The minimum absolute atomic E-state index is 0.00910. The van der Waals surface area contributed by atoms with Gasteiger partial charge in [-0.25, -0.2) is 0 Å². The van der Waals surface area contributed by atoms with Gasteiger partial charge in [0.05, 0.1) is 5.57 Å². The third-order valence-corrected chi connectivity index (χ3v) is 9.50. The highest BCUT2D eigenvalue weighted by atomic mass is 16.3. The zero-order valence-corrected chi connectivity index (χ0v) is 20.4. The van der Waals surface area contributed by atoms with E-state index in [4.69, 9.17) is 0 Å². The molecule has 32 heavy (non-hydrogen) atoms. The summed E-state index contributed by atoms with van der Waals surface area (Å²) in [7, 11) is 0. The average molecular weight is 435 g/mol. The van der Waals surface area contributed by atoms with Crippen molar-refractivity contribution in [3.63, 3.8) is 0 Å². The van der Waals surface area contributed by atoms with Crippen LogP contribution in [0.4, 0.5) is 0 Å². The minimum atomic E-state index is -2.17. The van der Waals surface area contributed by atoms with Crippen molar-refractivity contribution in [3.8, 4) is 0 Å². The first kappa shape index (κ1) is 22.7. The van der Waals surface area contributed by atoms with Gasteiger partial charge in [0.15, 0.2) is 11.4 Å². The molecule has 0 unspecified atom stereocenters. The first-order valence-corrected chi connectivity index (χ1v) is 11.4. The molecular weight excluding hydrogens is 400 g/mol. The summed E-state index contributed by atoms with van der Waals surface area (Å²) in [6, 6.07) is 4.27. The standard InChI is InChI=1S/C28H34O4/c1-13-10-11-20-17(5)27(9)19(7)26(8)12-14(2)21(18(6)29)24(30)28(26,32)25(31)23(27)16(4)22(20)15(13)3/h10-11,17,19,31-32H,4,12H2,1-3,5-9H3/t17-,19+,26+,27-,28+/m1/s1. The molecule has 2 N–H and O–H groups in total. The van der Waals surface area contributed by atoms with Crippen molar-refractivity contribution in [2.75, 3.05) is 0 Å². The van der Waals surface area contributed by atoms with Crippen molar-refractivity contribution >= 4 is 17.1 Å². The molecule has 0 saturated carbocycles. The van der Waals surface area contributed by atoms with Gasteiger partial charge in [-0.1, -0.05) is 52.0 Å². The van der Waals surface area contributed by atoms with Crippen LogP contribution in [-0.4, -0.2) is 27.4 Å². The maximum atomic E-state index is 13.7. The van der Waals surface area contributed by atoms with Crippen LogP contribution < -0.4 is 0 Å². The van der Waals surface area contributed by atoms with Crippen molar-refractivity contribution in [2.24, 2.45) is 16.7 Å². The molecule has 0 spiro atoms. The number of rotatable bonds is 1. The third-order valence-electron chi connectivity index (χ3n) is 9.50. The Morgan fingerprint density at radius 2 is 1.75 bits per heavy atom. The number of aliphatic hydroxyl groups is 2. The number of ketones is 2. The number of aryl methyl sites for hydroxylation is 1. The number of allylic oxidation sites excluding steroid dienone is 3. The van der Waals surface area contributed by atoms with E-state index < -0.39 is 22.2 Å². The molecule has 0 saturated heterocycles. The van der Waals surface area contributed by atoms with E-state index in [1.54, 1.807) is 6.92 Å². The van der Waals surface area contributed by atoms with Crippen LogP contribution in [0.15, 0.2) is 41.2 Å². The summed E-state index contributed by atoms with van der Waals surface area (Å²) < 4.78 is 0. The minimum Gasteiger partial charge on any atom is -0.508 e. The van der Waals surface area contributed by atoms with Crippen LogP contribution in [0.25, 0.3) is 5.57 Å². The maximum absolute atomic E-state index is 13.7. The SMILES string of the molecule is C=C1C2=C(O)[C@@]3(O)C(=O)C(C(C)=O)=C(C)C[C@@]3(C)[C@H](C)[C@@]2(C)[C@H](C)c2ccc(C)c(C)c21. The van der Waals surface area contributed by atoms with E-state index in [1.165, 1.54) is 12.5 Å². The molecule has 0 bridgehead atoms. The number of hydrogen-bond acceptors (Lipinski definition) is 4. The molecular formula is C28H34O4. The first-order valence-electron chi connectivity index (χ1n) is 11.4.